The molecule has 0 heterocycles. The van der Waals surface area contributed by atoms with Crippen LogP contribution in [0.5, 0.6) is 0 Å². The summed E-state index contributed by atoms with van der Waals surface area (Å²) in [5, 5.41) is 10.9. The number of hydrogen-bond donors (Lipinski definition) is 1. The van der Waals surface area contributed by atoms with Crippen molar-refractivity contribution >= 4 is 0 Å². The van der Waals surface area contributed by atoms with Gasteiger partial charge in [-0.05, 0) is 42.2 Å². The number of aliphatic hydroxyl groups is 1. The molecule has 0 saturated heterocycles. The van der Waals surface area contributed by atoms with Crippen molar-refractivity contribution in [3.63, 3.8) is 0 Å². The van der Waals surface area contributed by atoms with Crippen LogP contribution in [0.3, 0.4) is 0 Å². The van der Waals surface area contributed by atoms with E-state index in [1.807, 2.05) is 0 Å². The average Bonchev–Trinajstić information content (AvgIpc) is 2.90. The van der Waals surface area contributed by atoms with Crippen LogP contribution < -0.4 is 0 Å². The maximum Gasteiger partial charge on any atom is 0.0639 e. The Balaban J connectivity index is 1.79. The maximum atomic E-state index is 10.9. The van der Waals surface area contributed by atoms with E-state index in [1.165, 1.54) is 43.2 Å². The van der Waals surface area contributed by atoms with E-state index in [0.29, 0.717) is 11.8 Å². The SMILES string of the molecule is CCC1CCCCC1C(O)C1CCc2ccccc21. The van der Waals surface area contributed by atoms with Gasteiger partial charge in [-0.15, -0.1) is 0 Å². The van der Waals surface area contributed by atoms with Gasteiger partial charge in [0.05, 0.1) is 6.10 Å². The Bertz CT molecular complexity index is 425. The summed E-state index contributed by atoms with van der Waals surface area (Å²) in [4.78, 5) is 0. The van der Waals surface area contributed by atoms with E-state index in [1.54, 1.807) is 0 Å². The lowest BCUT2D eigenvalue weighted by Gasteiger charge is -2.37. The monoisotopic (exact) mass is 258 g/mol. The summed E-state index contributed by atoms with van der Waals surface area (Å²) in [7, 11) is 0. The first-order chi connectivity index (χ1) is 9.31. The summed E-state index contributed by atoms with van der Waals surface area (Å²) in [5.74, 6) is 1.68. The van der Waals surface area contributed by atoms with E-state index in [2.05, 4.69) is 31.2 Å². The molecular weight excluding hydrogens is 232 g/mol. The van der Waals surface area contributed by atoms with Gasteiger partial charge in [0.25, 0.3) is 0 Å². The van der Waals surface area contributed by atoms with Crippen molar-refractivity contribution in [2.75, 3.05) is 0 Å². The van der Waals surface area contributed by atoms with Gasteiger partial charge < -0.3 is 5.11 Å². The lowest BCUT2D eigenvalue weighted by molar-refractivity contribution is 0.0263. The van der Waals surface area contributed by atoms with Crippen molar-refractivity contribution in [2.45, 2.75) is 63.9 Å². The van der Waals surface area contributed by atoms with Crippen LogP contribution in [-0.4, -0.2) is 11.2 Å². The number of benzene rings is 1. The number of hydrogen-bond acceptors (Lipinski definition) is 1. The Morgan fingerprint density at radius 2 is 1.95 bits per heavy atom. The fourth-order valence-electron chi connectivity index (χ4n) is 4.44. The first-order valence-corrected chi connectivity index (χ1v) is 8.07. The molecule has 2 aliphatic carbocycles. The zero-order valence-corrected chi connectivity index (χ0v) is 12.0. The summed E-state index contributed by atoms with van der Waals surface area (Å²) in [5.41, 5.74) is 2.89. The molecule has 104 valence electrons. The van der Waals surface area contributed by atoms with Gasteiger partial charge in [0.15, 0.2) is 0 Å². The Morgan fingerprint density at radius 1 is 1.16 bits per heavy atom. The van der Waals surface area contributed by atoms with E-state index in [0.717, 1.165) is 18.8 Å². The first-order valence-electron chi connectivity index (χ1n) is 8.07. The van der Waals surface area contributed by atoms with Gasteiger partial charge in [-0.1, -0.05) is 56.9 Å². The molecule has 3 rings (SSSR count). The van der Waals surface area contributed by atoms with Crippen LogP contribution in [-0.2, 0) is 6.42 Å². The van der Waals surface area contributed by atoms with Crippen LogP contribution in [0.1, 0.15) is 62.5 Å². The second-order valence-electron chi connectivity index (χ2n) is 6.45. The van der Waals surface area contributed by atoms with Crippen LogP contribution in [0, 0.1) is 11.8 Å². The van der Waals surface area contributed by atoms with E-state index in [4.69, 9.17) is 0 Å². The molecule has 0 aliphatic heterocycles. The lowest BCUT2D eigenvalue weighted by atomic mass is 9.71. The number of rotatable bonds is 3. The van der Waals surface area contributed by atoms with Crippen LogP contribution in [0.25, 0.3) is 0 Å². The fraction of sp³-hybridized carbons (Fsp3) is 0.667. The summed E-state index contributed by atoms with van der Waals surface area (Å²) in [6.07, 6.45) is 8.65. The largest absolute Gasteiger partial charge is 0.392 e. The molecule has 0 bridgehead atoms. The minimum absolute atomic E-state index is 0.117. The van der Waals surface area contributed by atoms with Crippen molar-refractivity contribution in [1.82, 2.24) is 0 Å². The Morgan fingerprint density at radius 3 is 2.79 bits per heavy atom. The third kappa shape index (κ3) is 2.45. The predicted octanol–water partition coefficient (Wildman–Crippen LogP) is 4.29. The molecule has 1 nitrogen and oxygen atoms in total. The third-order valence-corrected chi connectivity index (χ3v) is 5.52. The summed E-state index contributed by atoms with van der Waals surface area (Å²) >= 11 is 0. The molecule has 4 atom stereocenters. The van der Waals surface area contributed by atoms with E-state index >= 15 is 0 Å². The molecule has 4 unspecified atom stereocenters. The van der Waals surface area contributed by atoms with Gasteiger partial charge in [-0.2, -0.15) is 0 Å². The second-order valence-corrected chi connectivity index (χ2v) is 6.45. The predicted molar refractivity (Wildman–Crippen MR) is 79.2 cm³/mol. The maximum absolute atomic E-state index is 10.9. The van der Waals surface area contributed by atoms with E-state index in [-0.39, 0.29) is 6.10 Å². The van der Waals surface area contributed by atoms with Crippen molar-refractivity contribution in [1.29, 1.82) is 0 Å². The van der Waals surface area contributed by atoms with Gasteiger partial charge in [-0.3, -0.25) is 0 Å². The third-order valence-electron chi connectivity index (χ3n) is 5.52. The Kier molecular flexibility index (Phi) is 3.93. The van der Waals surface area contributed by atoms with Crippen LogP contribution in [0.2, 0.25) is 0 Å². The molecule has 1 fully saturated rings. The zero-order chi connectivity index (χ0) is 13.2. The quantitative estimate of drug-likeness (QED) is 0.857. The highest BCUT2D eigenvalue weighted by Crippen LogP contribution is 2.43. The number of fused-ring (bicyclic) bond motifs is 1. The zero-order valence-electron chi connectivity index (χ0n) is 12.0. The number of aryl methyl sites for hydroxylation is 1. The van der Waals surface area contributed by atoms with Gasteiger partial charge >= 0.3 is 0 Å². The van der Waals surface area contributed by atoms with Gasteiger partial charge in [0.1, 0.15) is 0 Å². The Labute approximate surface area is 117 Å². The minimum atomic E-state index is -0.117. The highest BCUT2D eigenvalue weighted by atomic mass is 16.3. The lowest BCUT2D eigenvalue weighted by Crippen LogP contribution is -2.34. The molecule has 1 aromatic carbocycles. The molecule has 2 aliphatic rings. The highest BCUT2D eigenvalue weighted by Gasteiger charge is 2.37. The standard InChI is InChI=1S/C18H26O/c1-2-13-7-3-6-10-16(13)18(19)17-12-11-14-8-4-5-9-15(14)17/h4-5,8-9,13,16-19H,2-3,6-7,10-12H2,1H3. The van der Waals surface area contributed by atoms with E-state index < -0.39 is 0 Å². The van der Waals surface area contributed by atoms with Crippen molar-refractivity contribution in [2.24, 2.45) is 11.8 Å². The summed E-state index contributed by atoms with van der Waals surface area (Å²) in [6, 6.07) is 8.73. The van der Waals surface area contributed by atoms with Crippen molar-refractivity contribution in [3.8, 4) is 0 Å². The molecule has 0 aromatic heterocycles. The molecule has 1 heteroatoms. The second kappa shape index (κ2) is 5.66. The topological polar surface area (TPSA) is 20.2 Å². The molecule has 1 aromatic rings. The first kappa shape index (κ1) is 13.2. The van der Waals surface area contributed by atoms with Gasteiger partial charge in [-0.25, -0.2) is 0 Å². The van der Waals surface area contributed by atoms with E-state index in [9.17, 15) is 5.11 Å². The Hall–Kier alpha value is -0.820. The highest BCUT2D eigenvalue weighted by molar-refractivity contribution is 5.35. The average molecular weight is 258 g/mol. The smallest absolute Gasteiger partial charge is 0.0639 e. The van der Waals surface area contributed by atoms with Crippen molar-refractivity contribution in [3.05, 3.63) is 35.4 Å². The van der Waals surface area contributed by atoms with Crippen LogP contribution in [0.4, 0.5) is 0 Å². The fourth-order valence-corrected chi connectivity index (χ4v) is 4.44. The molecule has 1 saturated carbocycles. The minimum Gasteiger partial charge on any atom is -0.392 e. The molecule has 0 amide bonds. The van der Waals surface area contributed by atoms with Gasteiger partial charge in [0, 0.05) is 5.92 Å². The number of aliphatic hydroxyl groups excluding tert-OH is 1. The normalized spacial score (nSPS) is 32.0. The van der Waals surface area contributed by atoms with Gasteiger partial charge in [0.2, 0.25) is 0 Å². The van der Waals surface area contributed by atoms with Crippen LogP contribution >= 0.6 is 0 Å². The molecule has 0 radical (unpaired) electrons. The van der Waals surface area contributed by atoms with Crippen molar-refractivity contribution < 1.29 is 5.11 Å². The van der Waals surface area contributed by atoms with Crippen LogP contribution in [0.15, 0.2) is 24.3 Å². The summed E-state index contributed by atoms with van der Waals surface area (Å²) < 4.78 is 0. The molecule has 0 spiro atoms. The molecule has 19 heavy (non-hydrogen) atoms. The summed E-state index contributed by atoms with van der Waals surface area (Å²) in [6.45, 7) is 2.29. The molecule has 1 N–H and O–H groups in total. The molecular formula is C18H26O.